The molecule has 1 amide bonds. The van der Waals surface area contributed by atoms with Crippen LogP contribution in [0.2, 0.25) is 0 Å². The molecule has 0 bridgehead atoms. The Morgan fingerprint density at radius 2 is 2.19 bits per heavy atom. The molecule has 1 aromatic carbocycles. The number of likely N-dealkylation sites (N-methyl/N-ethyl adjacent to an activating group) is 1. The van der Waals surface area contributed by atoms with Gasteiger partial charge in [-0.05, 0) is 23.8 Å². The third-order valence-corrected chi connectivity index (χ3v) is 4.87. The number of anilines is 1. The van der Waals surface area contributed by atoms with Crippen LogP contribution in [-0.4, -0.2) is 52.8 Å². The number of amides is 1. The van der Waals surface area contributed by atoms with E-state index in [4.69, 9.17) is 9.84 Å². The molecule has 0 aromatic heterocycles. The summed E-state index contributed by atoms with van der Waals surface area (Å²) in [6, 6.07) is 3.83. The number of ether oxygens (including phenoxy) is 1. The molecule has 0 spiro atoms. The Kier molecular flexibility index (Phi) is 4.62. The summed E-state index contributed by atoms with van der Waals surface area (Å²) in [7, 11) is -0.692. The highest BCUT2D eigenvalue weighted by atomic mass is 32.2. The maximum absolute atomic E-state index is 12.3. The van der Waals surface area contributed by atoms with E-state index in [9.17, 15) is 13.2 Å². The summed E-state index contributed by atoms with van der Waals surface area (Å²) in [5.74, 6) is -0.0693. The number of hydrogen-bond donors (Lipinski definition) is 2. The van der Waals surface area contributed by atoms with E-state index in [-0.39, 0.29) is 30.4 Å². The lowest BCUT2D eigenvalue weighted by Crippen LogP contribution is -2.40. The molecule has 2 rings (SSSR count). The zero-order chi connectivity index (χ0) is 15.6. The molecule has 116 valence electrons. The molecule has 1 unspecified atom stereocenters. The Morgan fingerprint density at radius 3 is 2.81 bits per heavy atom. The number of methoxy groups -OCH3 is 1. The van der Waals surface area contributed by atoms with Crippen LogP contribution in [0.5, 0.6) is 0 Å². The highest BCUT2D eigenvalue weighted by molar-refractivity contribution is 7.89. The van der Waals surface area contributed by atoms with Gasteiger partial charge >= 0.3 is 0 Å². The Hall–Kier alpha value is -1.48. The fourth-order valence-corrected chi connectivity index (χ4v) is 3.49. The summed E-state index contributed by atoms with van der Waals surface area (Å²) >= 11 is 0. The van der Waals surface area contributed by atoms with Gasteiger partial charge in [-0.15, -0.1) is 0 Å². The zero-order valence-electron chi connectivity index (χ0n) is 11.9. The number of rotatable bonds is 6. The van der Waals surface area contributed by atoms with Crippen LogP contribution in [-0.2, 0) is 26.0 Å². The molecule has 7 nitrogen and oxygen atoms in total. The maximum Gasteiger partial charge on any atom is 0.240 e. The Morgan fingerprint density at radius 1 is 1.48 bits per heavy atom. The zero-order valence-corrected chi connectivity index (χ0v) is 12.7. The highest BCUT2D eigenvalue weighted by Gasteiger charge is 2.27. The second-order valence-electron chi connectivity index (χ2n) is 4.88. The van der Waals surface area contributed by atoms with Gasteiger partial charge in [0.1, 0.15) is 0 Å². The topological polar surface area (TPSA) is 95.9 Å². The molecule has 2 N–H and O–H groups in total. The van der Waals surface area contributed by atoms with Crippen LogP contribution in [0.25, 0.3) is 0 Å². The first-order valence-corrected chi connectivity index (χ1v) is 7.89. The number of aliphatic hydroxyl groups is 1. The van der Waals surface area contributed by atoms with Crippen LogP contribution >= 0.6 is 0 Å². The van der Waals surface area contributed by atoms with Crippen LogP contribution in [0, 0.1) is 0 Å². The summed E-state index contributed by atoms with van der Waals surface area (Å²) in [4.78, 5) is 13.2. The molecule has 0 radical (unpaired) electrons. The van der Waals surface area contributed by atoms with E-state index in [1.165, 1.54) is 24.1 Å². The number of aliphatic hydroxyl groups excluding tert-OH is 1. The average molecular weight is 314 g/mol. The van der Waals surface area contributed by atoms with Crippen molar-refractivity contribution in [3.63, 3.8) is 0 Å². The predicted molar refractivity (Wildman–Crippen MR) is 76.6 cm³/mol. The monoisotopic (exact) mass is 314 g/mol. The highest BCUT2D eigenvalue weighted by Crippen LogP contribution is 2.29. The lowest BCUT2D eigenvalue weighted by atomic mass is 10.2. The Balaban J connectivity index is 2.26. The lowest BCUT2D eigenvalue weighted by molar-refractivity contribution is -0.117. The van der Waals surface area contributed by atoms with Crippen molar-refractivity contribution in [2.24, 2.45) is 0 Å². The number of nitrogens with zero attached hydrogens (tertiary/aromatic N) is 1. The third kappa shape index (κ3) is 3.24. The van der Waals surface area contributed by atoms with Gasteiger partial charge in [0.2, 0.25) is 15.9 Å². The van der Waals surface area contributed by atoms with Gasteiger partial charge in [0, 0.05) is 19.8 Å². The van der Waals surface area contributed by atoms with E-state index in [2.05, 4.69) is 4.72 Å². The molecule has 1 heterocycles. The minimum absolute atomic E-state index is 0.0684. The number of fused-ring (bicyclic) bond motifs is 1. The lowest BCUT2D eigenvalue weighted by Gasteiger charge is -2.16. The number of nitrogens with one attached hydrogen (secondary N) is 1. The van der Waals surface area contributed by atoms with Gasteiger partial charge in [0.15, 0.2) is 0 Å². The first kappa shape index (κ1) is 15.9. The number of benzene rings is 1. The third-order valence-electron chi connectivity index (χ3n) is 3.35. The van der Waals surface area contributed by atoms with E-state index in [1.54, 1.807) is 13.1 Å². The number of hydrogen-bond acceptors (Lipinski definition) is 5. The quantitative estimate of drug-likeness (QED) is 0.737. The van der Waals surface area contributed by atoms with Crippen LogP contribution < -0.4 is 9.62 Å². The molecular weight excluding hydrogens is 296 g/mol. The van der Waals surface area contributed by atoms with Crippen molar-refractivity contribution < 1.29 is 23.1 Å². The molecular formula is C13H18N2O5S. The SMILES string of the molecule is COCC(CO)NS(=O)(=O)c1ccc2c(c1)CC(=O)N2C. The van der Waals surface area contributed by atoms with Crippen molar-refractivity contribution in [2.45, 2.75) is 17.4 Å². The molecule has 0 fully saturated rings. The van der Waals surface area contributed by atoms with E-state index in [0.717, 1.165) is 5.69 Å². The van der Waals surface area contributed by atoms with E-state index >= 15 is 0 Å². The fourth-order valence-electron chi connectivity index (χ4n) is 2.23. The van der Waals surface area contributed by atoms with Gasteiger partial charge in [0.25, 0.3) is 0 Å². The fraction of sp³-hybridized carbons (Fsp3) is 0.462. The van der Waals surface area contributed by atoms with Crippen LogP contribution in [0.15, 0.2) is 23.1 Å². The first-order chi connectivity index (χ1) is 9.89. The molecule has 0 saturated carbocycles. The second kappa shape index (κ2) is 6.10. The Bertz CT molecular complexity index is 644. The summed E-state index contributed by atoms with van der Waals surface area (Å²) < 4.78 is 31.7. The van der Waals surface area contributed by atoms with Crippen molar-refractivity contribution in [2.75, 3.05) is 32.3 Å². The summed E-state index contributed by atoms with van der Waals surface area (Å²) in [6.07, 6.45) is 0.191. The molecule has 0 saturated heterocycles. The van der Waals surface area contributed by atoms with Gasteiger partial charge in [0.05, 0.1) is 30.6 Å². The second-order valence-corrected chi connectivity index (χ2v) is 6.59. The molecule has 8 heteroatoms. The van der Waals surface area contributed by atoms with Crippen LogP contribution in [0.1, 0.15) is 5.56 Å². The van der Waals surface area contributed by atoms with Gasteiger partial charge in [-0.1, -0.05) is 0 Å². The largest absolute Gasteiger partial charge is 0.395 e. The Labute approximate surface area is 123 Å². The molecule has 0 aliphatic carbocycles. The van der Waals surface area contributed by atoms with Crippen molar-refractivity contribution in [1.82, 2.24) is 4.72 Å². The van der Waals surface area contributed by atoms with Gasteiger partial charge in [-0.2, -0.15) is 0 Å². The van der Waals surface area contributed by atoms with Gasteiger partial charge < -0.3 is 14.7 Å². The van der Waals surface area contributed by atoms with Gasteiger partial charge in [-0.3, -0.25) is 4.79 Å². The van der Waals surface area contributed by atoms with E-state index in [0.29, 0.717) is 5.56 Å². The van der Waals surface area contributed by atoms with E-state index in [1.807, 2.05) is 0 Å². The summed E-state index contributed by atoms with van der Waals surface area (Å²) in [6.45, 7) is -0.291. The summed E-state index contributed by atoms with van der Waals surface area (Å²) in [5.41, 5.74) is 1.40. The van der Waals surface area contributed by atoms with Crippen LogP contribution in [0.3, 0.4) is 0 Å². The number of carbonyl (C=O) groups is 1. The molecule has 1 aliphatic heterocycles. The number of carbonyl (C=O) groups excluding carboxylic acids is 1. The van der Waals surface area contributed by atoms with Crippen LogP contribution in [0.4, 0.5) is 5.69 Å². The van der Waals surface area contributed by atoms with Gasteiger partial charge in [-0.25, -0.2) is 13.1 Å². The van der Waals surface area contributed by atoms with Crippen molar-refractivity contribution in [1.29, 1.82) is 0 Å². The maximum atomic E-state index is 12.3. The minimum Gasteiger partial charge on any atom is -0.395 e. The van der Waals surface area contributed by atoms with Crippen molar-refractivity contribution in [3.8, 4) is 0 Å². The minimum atomic E-state index is -3.77. The molecule has 1 aromatic rings. The standard InChI is InChI=1S/C13H18N2O5S/c1-15-12-4-3-11(5-9(12)6-13(15)17)21(18,19)14-10(7-16)8-20-2/h3-5,10,14,16H,6-8H2,1-2H3. The first-order valence-electron chi connectivity index (χ1n) is 6.40. The normalized spacial score (nSPS) is 16.1. The smallest absolute Gasteiger partial charge is 0.240 e. The van der Waals surface area contributed by atoms with Crippen molar-refractivity contribution in [3.05, 3.63) is 23.8 Å². The number of sulfonamides is 1. The van der Waals surface area contributed by atoms with E-state index < -0.39 is 16.1 Å². The molecule has 1 aliphatic rings. The molecule has 1 atom stereocenters. The average Bonchev–Trinajstić information content (AvgIpc) is 2.73. The predicted octanol–water partition coefficient (Wildman–Crippen LogP) is -0.509. The van der Waals surface area contributed by atoms with Crippen molar-refractivity contribution >= 4 is 21.6 Å². The molecule has 21 heavy (non-hydrogen) atoms. The summed E-state index contributed by atoms with van der Waals surface area (Å²) in [5, 5.41) is 9.13.